The van der Waals surface area contributed by atoms with Gasteiger partial charge >= 0.3 is 6.03 Å². The van der Waals surface area contributed by atoms with Gasteiger partial charge in [-0.1, -0.05) is 47.8 Å². The Labute approximate surface area is 190 Å². The number of carbonyl (C=O) groups excluding carboxylic acids is 1. The van der Waals surface area contributed by atoms with Gasteiger partial charge in [-0.2, -0.15) is 0 Å². The summed E-state index contributed by atoms with van der Waals surface area (Å²) in [6.07, 6.45) is 4.07. The van der Waals surface area contributed by atoms with Crippen molar-refractivity contribution < 1.29 is 9.53 Å². The van der Waals surface area contributed by atoms with Crippen molar-refractivity contribution in [2.75, 3.05) is 17.3 Å². The van der Waals surface area contributed by atoms with Crippen molar-refractivity contribution in [2.24, 2.45) is 0 Å². The Kier molecular flexibility index (Phi) is 6.63. The zero-order valence-corrected chi connectivity index (χ0v) is 18.7. The highest BCUT2D eigenvalue weighted by molar-refractivity contribution is 6.42. The zero-order chi connectivity index (χ0) is 21.8. The molecular formula is C22H23Cl2N5O2. The van der Waals surface area contributed by atoms with Crippen LogP contribution < -0.4 is 15.0 Å². The summed E-state index contributed by atoms with van der Waals surface area (Å²) in [6, 6.07) is 12.2. The SMILES string of the molecule is COc1ccccc1CN(C(=O)Nc1ccc(Cl)c(Cl)c1)c1nnc2n1CCCCC2. The van der Waals surface area contributed by atoms with Crippen LogP contribution in [0.2, 0.25) is 10.0 Å². The number of methoxy groups -OCH3 is 1. The molecule has 9 heteroatoms. The molecule has 0 spiro atoms. The number of aromatic nitrogens is 3. The molecule has 1 aliphatic rings. The molecule has 0 saturated heterocycles. The highest BCUT2D eigenvalue weighted by Gasteiger charge is 2.26. The van der Waals surface area contributed by atoms with Crippen LogP contribution in [0.4, 0.5) is 16.4 Å². The minimum atomic E-state index is -0.344. The van der Waals surface area contributed by atoms with Crippen LogP contribution in [0.15, 0.2) is 42.5 Å². The minimum absolute atomic E-state index is 0.273. The molecule has 3 aromatic rings. The van der Waals surface area contributed by atoms with Gasteiger partial charge in [0.15, 0.2) is 0 Å². The third kappa shape index (κ3) is 4.78. The van der Waals surface area contributed by atoms with Crippen molar-refractivity contribution in [3.8, 4) is 5.75 Å². The third-order valence-electron chi connectivity index (χ3n) is 5.27. The summed E-state index contributed by atoms with van der Waals surface area (Å²) in [6.45, 7) is 1.05. The molecule has 0 atom stereocenters. The normalized spacial score (nSPS) is 13.3. The molecule has 0 fully saturated rings. The van der Waals surface area contributed by atoms with E-state index in [0.717, 1.165) is 43.6 Å². The maximum atomic E-state index is 13.4. The van der Waals surface area contributed by atoms with Gasteiger partial charge in [-0.25, -0.2) is 4.79 Å². The number of fused-ring (bicyclic) bond motifs is 1. The number of amides is 2. The largest absolute Gasteiger partial charge is 0.496 e. The first-order chi connectivity index (χ1) is 15.1. The summed E-state index contributed by atoms with van der Waals surface area (Å²) < 4.78 is 7.53. The van der Waals surface area contributed by atoms with Crippen molar-refractivity contribution in [3.05, 3.63) is 63.9 Å². The number of nitrogens with one attached hydrogen (secondary N) is 1. The highest BCUT2D eigenvalue weighted by atomic mass is 35.5. The van der Waals surface area contributed by atoms with Crippen LogP contribution in [-0.4, -0.2) is 27.9 Å². The van der Waals surface area contributed by atoms with Crippen molar-refractivity contribution in [1.82, 2.24) is 14.8 Å². The molecule has 1 aromatic heterocycles. The van der Waals surface area contributed by atoms with Crippen LogP contribution >= 0.6 is 23.2 Å². The molecule has 0 bridgehead atoms. The number of carbonyl (C=O) groups is 1. The Hall–Kier alpha value is -2.77. The number of hydrogen-bond donors (Lipinski definition) is 1. The average Bonchev–Trinajstić information content (AvgIpc) is 3.01. The Morgan fingerprint density at radius 3 is 2.77 bits per heavy atom. The smallest absolute Gasteiger partial charge is 0.329 e. The van der Waals surface area contributed by atoms with E-state index in [1.54, 1.807) is 30.2 Å². The van der Waals surface area contributed by atoms with Gasteiger partial charge in [0, 0.05) is 24.2 Å². The number of hydrogen-bond acceptors (Lipinski definition) is 4. The zero-order valence-electron chi connectivity index (χ0n) is 17.1. The predicted octanol–water partition coefficient (Wildman–Crippen LogP) is 5.56. The second kappa shape index (κ2) is 9.58. The van der Waals surface area contributed by atoms with Gasteiger partial charge in [0.05, 0.1) is 23.7 Å². The number of urea groups is 1. The first kappa shape index (κ1) is 21.5. The van der Waals surface area contributed by atoms with E-state index in [-0.39, 0.29) is 12.6 Å². The molecule has 1 N–H and O–H groups in total. The lowest BCUT2D eigenvalue weighted by atomic mass is 10.2. The molecule has 0 aliphatic carbocycles. The molecule has 1 aliphatic heterocycles. The fourth-order valence-corrected chi connectivity index (χ4v) is 3.97. The van der Waals surface area contributed by atoms with Gasteiger partial charge in [-0.05, 0) is 37.1 Å². The molecule has 2 aromatic carbocycles. The predicted molar refractivity (Wildman–Crippen MR) is 122 cm³/mol. The molecule has 2 heterocycles. The lowest BCUT2D eigenvalue weighted by Gasteiger charge is -2.24. The van der Waals surface area contributed by atoms with Gasteiger partial charge in [-0.3, -0.25) is 9.47 Å². The maximum Gasteiger partial charge on any atom is 0.329 e. The van der Waals surface area contributed by atoms with E-state index in [9.17, 15) is 4.79 Å². The topological polar surface area (TPSA) is 72.3 Å². The second-order valence-corrected chi connectivity index (χ2v) is 8.15. The molecule has 162 valence electrons. The Morgan fingerprint density at radius 2 is 1.97 bits per heavy atom. The van der Waals surface area contributed by atoms with E-state index in [2.05, 4.69) is 15.5 Å². The maximum absolute atomic E-state index is 13.4. The monoisotopic (exact) mass is 459 g/mol. The Balaban J connectivity index is 1.69. The molecule has 0 radical (unpaired) electrons. The van der Waals surface area contributed by atoms with Gasteiger partial charge in [0.25, 0.3) is 0 Å². The molecule has 0 unspecified atom stereocenters. The Morgan fingerprint density at radius 1 is 1.13 bits per heavy atom. The van der Waals surface area contributed by atoms with Gasteiger partial charge < -0.3 is 10.1 Å². The van der Waals surface area contributed by atoms with Crippen molar-refractivity contribution in [2.45, 2.75) is 38.8 Å². The van der Waals surface area contributed by atoms with Crippen molar-refractivity contribution in [1.29, 1.82) is 0 Å². The van der Waals surface area contributed by atoms with E-state index < -0.39 is 0 Å². The number of rotatable bonds is 5. The van der Waals surface area contributed by atoms with Crippen LogP contribution in [-0.2, 0) is 19.5 Å². The summed E-state index contributed by atoms with van der Waals surface area (Å²) in [7, 11) is 1.61. The number of nitrogens with zero attached hydrogens (tertiary/aromatic N) is 4. The van der Waals surface area contributed by atoms with E-state index in [1.807, 2.05) is 28.8 Å². The number of para-hydroxylation sites is 1. The minimum Gasteiger partial charge on any atom is -0.496 e. The van der Waals surface area contributed by atoms with E-state index in [0.29, 0.717) is 27.4 Å². The molecule has 2 amide bonds. The van der Waals surface area contributed by atoms with E-state index >= 15 is 0 Å². The quantitative estimate of drug-likeness (QED) is 0.541. The first-order valence-electron chi connectivity index (χ1n) is 10.1. The van der Waals surface area contributed by atoms with Crippen LogP contribution in [0.5, 0.6) is 5.75 Å². The lowest BCUT2D eigenvalue weighted by molar-refractivity contribution is 0.256. The van der Waals surface area contributed by atoms with E-state index in [1.165, 1.54) is 0 Å². The fraction of sp³-hybridized carbons (Fsp3) is 0.318. The van der Waals surface area contributed by atoms with Crippen molar-refractivity contribution >= 4 is 40.9 Å². The molecule has 4 rings (SSSR count). The van der Waals surface area contributed by atoms with Crippen LogP contribution in [0.3, 0.4) is 0 Å². The highest BCUT2D eigenvalue weighted by Crippen LogP contribution is 2.28. The second-order valence-electron chi connectivity index (χ2n) is 7.34. The number of aryl methyl sites for hydroxylation is 1. The molecular weight excluding hydrogens is 437 g/mol. The van der Waals surface area contributed by atoms with Gasteiger partial charge in [0.1, 0.15) is 11.6 Å². The number of ether oxygens (including phenoxy) is 1. The summed E-state index contributed by atoms with van der Waals surface area (Å²) in [4.78, 5) is 15.0. The molecule has 7 nitrogen and oxygen atoms in total. The lowest BCUT2D eigenvalue weighted by Crippen LogP contribution is -2.36. The van der Waals surface area contributed by atoms with Gasteiger partial charge in [-0.15, -0.1) is 10.2 Å². The summed E-state index contributed by atoms with van der Waals surface area (Å²) in [5, 5.41) is 12.4. The van der Waals surface area contributed by atoms with Gasteiger partial charge in [0.2, 0.25) is 5.95 Å². The number of anilines is 2. The fourth-order valence-electron chi connectivity index (χ4n) is 3.67. The summed E-state index contributed by atoms with van der Waals surface area (Å²) >= 11 is 12.1. The third-order valence-corrected chi connectivity index (χ3v) is 6.01. The summed E-state index contributed by atoms with van der Waals surface area (Å²) in [5.41, 5.74) is 1.40. The standard InChI is InChI=1S/C22H23Cl2N5O2/c1-31-19-8-5-4-7-15(19)14-29(21-27-26-20-9-3-2-6-12-28(20)21)22(30)25-16-10-11-17(23)18(24)13-16/h4-5,7-8,10-11,13H,2-3,6,9,12,14H2,1H3,(H,25,30). The first-order valence-corrected chi connectivity index (χ1v) is 10.9. The van der Waals surface area contributed by atoms with Crippen molar-refractivity contribution in [3.63, 3.8) is 0 Å². The number of benzene rings is 2. The van der Waals surface area contributed by atoms with Crippen LogP contribution in [0.1, 0.15) is 30.7 Å². The molecule has 31 heavy (non-hydrogen) atoms. The van der Waals surface area contributed by atoms with Crippen LogP contribution in [0, 0.1) is 0 Å². The molecule has 0 saturated carbocycles. The Bertz CT molecular complexity index is 1090. The van der Waals surface area contributed by atoms with Crippen LogP contribution in [0.25, 0.3) is 0 Å². The summed E-state index contributed by atoms with van der Waals surface area (Å²) in [5.74, 6) is 2.12. The average molecular weight is 460 g/mol. The number of halogens is 2. The van der Waals surface area contributed by atoms with E-state index in [4.69, 9.17) is 27.9 Å².